The summed E-state index contributed by atoms with van der Waals surface area (Å²) in [5.41, 5.74) is 3.64. The number of nitrogens with one attached hydrogen (secondary N) is 2. The van der Waals surface area contributed by atoms with Crippen LogP contribution < -0.4 is 10.7 Å². The van der Waals surface area contributed by atoms with Gasteiger partial charge in [-0.15, -0.1) is 0 Å². The number of rotatable bonds is 3. The number of aromatic amines is 1. The fourth-order valence-electron chi connectivity index (χ4n) is 4.26. The first-order valence-corrected chi connectivity index (χ1v) is 9.41. The maximum atomic E-state index is 12.5. The van der Waals surface area contributed by atoms with E-state index in [1.165, 1.54) is 23.4 Å². The topological polar surface area (TPSA) is 65.2 Å². The van der Waals surface area contributed by atoms with Crippen LogP contribution >= 0.6 is 0 Å². The predicted molar refractivity (Wildman–Crippen MR) is 101 cm³/mol. The van der Waals surface area contributed by atoms with E-state index in [4.69, 9.17) is 0 Å². The summed E-state index contributed by atoms with van der Waals surface area (Å²) in [6.45, 7) is 3.74. The van der Waals surface area contributed by atoms with Gasteiger partial charge in [0.05, 0.1) is 0 Å². The van der Waals surface area contributed by atoms with E-state index in [1.54, 1.807) is 0 Å². The molecule has 1 aliphatic heterocycles. The van der Waals surface area contributed by atoms with Crippen molar-refractivity contribution in [2.45, 2.75) is 44.7 Å². The molecule has 1 saturated heterocycles. The number of nitrogens with zero attached hydrogens (tertiary/aromatic N) is 1. The molecule has 5 nitrogen and oxygen atoms in total. The van der Waals surface area contributed by atoms with Crippen LogP contribution in [0.5, 0.6) is 0 Å². The Bertz CT molecular complexity index is 849. The van der Waals surface area contributed by atoms with E-state index in [0.717, 1.165) is 44.5 Å². The second kappa shape index (κ2) is 7.08. The second-order valence-corrected chi connectivity index (χ2v) is 7.53. The van der Waals surface area contributed by atoms with Crippen molar-refractivity contribution in [2.75, 3.05) is 13.1 Å². The minimum atomic E-state index is -0.271. The lowest BCUT2D eigenvalue weighted by atomic mass is 10.0. The largest absolute Gasteiger partial charge is 0.364 e. The summed E-state index contributed by atoms with van der Waals surface area (Å²) in [5, 5.41) is 3.07. The van der Waals surface area contributed by atoms with E-state index < -0.39 is 0 Å². The lowest BCUT2D eigenvalue weighted by molar-refractivity contribution is 0.0875. The molecule has 2 N–H and O–H groups in total. The molecular formula is C21H25N3O2. The highest BCUT2D eigenvalue weighted by Gasteiger charge is 2.31. The van der Waals surface area contributed by atoms with Gasteiger partial charge < -0.3 is 10.3 Å². The Morgan fingerprint density at radius 2 is 1.96 bits per heavy atom. The van der Waals surface area contributed by atoms with Gasteiger partial charge in [0.1, 0.15) is 5.56 Å². The van der Waals surface area contributed by atoms with Crippen LogP contribution in [-0.4, -0.2) is 41.0 Å². The molecule has 2 heterocycles. The van der Waals surface area contributed by atoms with E-state index >= 15 is 0 Å². The number of likely N-dealkylation sites (tertiary alicyclic amines) is 1. The number of aromatic nitrogens is 1. The Labute approximate surface area is 153 Å². The lowest BCUT2D eigenvalue weighted by Gasteiger charge is -2.37. The van der Waals surface area contributed by atoms with Crippen LogP contribution in [0.15, 0.2) is 41.3 Å². The van der Waals surface area contributed by atoms with E-state index in [1.807, 2.05) is 6.92 Å². The Morgan fingerprint density at radius 1 is 1.23 bits per heavy atom. The van der Waals surface area contributed by atoms with E-state index in [2.05, 4.69) is 39.5 Å². The van der Waals surface area contributed by atoms with Gasteiger partial charge >= 0.3 is 0 Å². The number of carbonyl (C=O) groups is 1. The Morgan fingerprint density at radius 3 is 2.65 bits per heavy atom. The van der Waals surface area contributed by atoms with Crippen molar-refractivity contribution in [2.24, 2.45) is 0 Å². The number of piperidine rings is 1. The third-order valence-corrected chi connectivity index (χ3v) is 5.64. The number of H-pyrrole nitrogens is 1. The minimum Gasteiger partial charge on any atom is -0.364 e. The van der Waals surface area contributed by atoms with Gasteiger partial charge in [-0.3, -0.25) is 14.5 Å². The zero-order chi connectivity index (χ0) is 18.1. The summed E-state index contributed by atoms with van der Waals surface area (Å²) in [6.07, 6.45) is 5.73. The van der Waals surface area contributed by atoms with Crippen LogP contribution in [-0.2, 0) is 12.8 Å². The SMILES string of the molecule is Cc1cc(=O)c(C(=O)N[C@H]2CCCN(C3Cc4ccccc4C3)C2)c[nH]1. The number of carbonyl (C=O) groups excluding carboxylic acids is 1. The number of pyridine rings is 1. The Balaban J connectivity index is 1.40. The van der Waals surface area contributed by atoms with Gasteiger partial charge in [-0.2, -0.15) is 0 Å². The lowest BCUT2D eigenvalue weighted by Crippen LogP contribution is -2.51. The van der Waals surface area contributed by atoms with Crippen molar-refractivity contribution < 1.29 is 4.79 Å². The van der Waals surface area contributed by atoms with Gasteiger partial charge in [0.25, 0.3) is 5.91 Å². The summed E-state index contributed by atoms with van der Waals surface area (Å²) in [4.78, 5) is 30.0. The average Bonchev–Trinajstić information content (AvgIpc) is 3.06. The highest BCUT2D eigenvalue weighted by atomic mass is 16.2. The van der Waals surface area contributed by atoms with Crippen LogP contribution in [0.3, 0.4) is 0 Å². The average molecular weight is 351 g/mol. The number of benzene rings is 1. The molecule has 1 fully saturated rings. The summed E-state index contributed by atoms with van der Waals surface area (Å²) >= 11 is 0. The molecule has 1 aromatic heterocycles. The maximum absolute atomic E-state index is 12.5. The molecule has 4 rings (SSSR count). The Hall–Kier alpha value is -2.40. The van der Waals surface area contributed by atoms with Gasteiger partial charge in [0.2, 0.25) is 0 Å². The third-order valence-electron chi connectivity index (χ3n) is 5.64. The fourth-order valence-corrected chi connectivity index (χ4v) is 4.26. The van der Waals surface area contributed by atoms with Crippen LogP contribution in [0.25, 0.3) is 0 Å². The van der Waals surface area contributed by atoms with Crippen LogP contribution in [0.4, 0.5) is 0 Å². The first-order chi connectivity index (χ1) is 12.6. The molecule has 0 saturated carbocycles. The summed E-state index contributed by atoms with van der Waals surface area (Å²) in [6, 6.07) is 10.8. The van der Waals surface area contributed by atoms with E-state index in [-0.39, 0.29) is 22.9 Å². The normalized spacial score (nSPS) is 20.7. The van der Waals surface area contributed by atoms with Crippen molar-refractivity contribution >= 4 is 5.91 Å². The second-order valence-electron chi connectivity index (χ2n) is 7.53. The summed E-state index contributed by atoms with van der Waals surface area (Å²) < 4.78 is 0. The molecule has 0 bridgehead atoms. The van der Waals surface area contributed by atoms with Crippen molar-refractivity contribution in [1.29, 1.82) is 0 Å². The van der Waals surface area contributed by atoms with E-state index in [0.29, 0.717) is 6.04 Å². The minimum absolute atomic E-state index is 0.0978. The van der Waals surface area contributed by atoms with Crippen LogP contribution in [0, 0.1) is 6.92 Å². The molecule has 0 unspecified atom stereocenters. The predicted octanol–water partition coefficient (Wildman–Crippen LogP) is 2.04. The number of fused-ring (bicyclic) bond motifs is 1. The van der Waals surface area contributed by atoms with Crippen molar-refractivity contribution in [3.63, 3.8) is 0 Å². The van der Waals surface area contributed by atoms with Crippen LogP contribution in [0.1, 0.15) is 40.0 Å². The highest BCUT2D eigenvalue weighted by Crippen LogP contribution is 2.27. The van der Waals surface area contributed by atoms with Gasteiger partial charge in [-0.25, -0.2) is 0 Å². The Kier molecular flexibility index (Phi) is 4.64. The molecule has 5 heteroatoms. The molecule has 26 heavy (non-hydrogen) atoms. The van der Waals surface area contributed by atoms with Gasteiger partial charge in [-0.1, -0.05) is 24.3 Å². The van der Waals surface area contributed by atoms with E-state index in [9.17, 15) is 9.59 Å². The number of aryl methyl sites for hydroxylation is 1. The van der Waals surface area contributed by atoms with Gasteiger partial charge in [0, 0.05) is 36.6 Å². The van der Waals surface area contributed by atoms with Gasteiger partial charge in [-0.05, 0) is 50.3 Å². The molecular weight excluding hydrogens is 326 g/mol. The smallest absolute Gasteiger partial charge is 0.257 e. The number of amides is 1. The zero-order valence-electron chi connectivity index (χ0n) is 15.1. The molecule has 2 aromatic rings. The molecule has 1 aromatic carbocycles. The standard InChI is InChI=1S/C21H25N3O2/c1-14-9-20(25)19(12-22-14)21(26)23-17-7-4-8-24(13-17)18-10-15-5-2-3-6-16(15)11-18/h2-3,5-6,9,12,17-18H,4,7-8,10-11,13H2,1H3,(H,22,25)(H,23,26)/t17-/m0/s1. The zero-order valence-corrected chi connectivity index (χ0v) is 15.1. The quantitative estimate of drug-likeness (QED) is 0.889. The summed E-state index contributed by atoms with van der Waals surface area (Å²) in [5.74, 6) is -0.271. The first-order valence-electron chi connectivity index (χ1n) is 9.41. The molecule has 0 spiro atoms. The number of hydrogen-bond donors (Lipinski definition) is 2. The van der Waals surface area contributed by atoms with Crippen molar-refractivity contribution in [3.8, 4) is 0 Å². The molecule has 1 amide bonds. The van der Waals surface area contributed by atoms with Crippen molar-refractivity contribution in [3.05, 3.63) is 69.1 Å². The molecule has 1 atom stereocenters. The monoisotopic (exact) mass is 351 g/mol. The fraction of sp³-hybridized carbons (Fsp3) is 0.429. The molecule has 2 aliphatic rings. The van der Waals surface area contributed by atoms with Crippen LogP contribution in [0.2, 0.25) is 0 Å². The third kappa shape index (κ3) is 3.44. The molecule has 136 valence electrons. The number of hydrogen-bond acceptors (Lipinski definition) is 3. The van der Waals surface area contributed by atoms with Crippen molar-refractivity contribution in [1.82, 2.24) is 15.2 Å². The molecule has 0 radical (unpaired) electrons. The highest BCUT2D eigenvalue weighted by molar-refractivity contribution is 5.94. The van der Waals surface area contributed by atoms with Gasteiger partial charge in [0.15, 0.2) is 5.43 Å². The first kappa shape index (κ1) is 17.0. The molecule has 1 aliphatic carbocycles. The maximum Gasteiger partial charge on any atom is 0.257 e. The summed E-state index contributed by atoms with van der Waals surface area (Å²) in [7, 11) is 0.